The molecule has 0 saturated carbocycles. The standard InChI is InChI=1S/C20H23FN2O4/c1-20(2,3)27-19(25)23-13-7-12(8-14(23)11-26-10-13)18(24)15-5-4-6-17(21)16(15)9-22/h4-6,12-14H,7-8,10-11H2,1-3H3. The number of Topliss-reactive ketones (excluding diaryl/α,β-unsaturated/α-hetero) is 1. The zero-order valence-corrected chi connectivity index (χ0v) is 15.7. The van der Waals surface area contributed by atoms with Gasteiger partial charge in [0.25, 0.3) is 0 Å². The van der Waals surface area contributed by atoms with Crippen LogP contribution in [-0.4, -0.2) is 47.7 Å². The number of carbonyl (C=O) groups is 2. The Morgan fingerprint density at radius 3 is 2.44 bits per heavy atom. The molecule has 2 saturated heterocycles. The molecule has 3 rings (SSSR count). The first-order valence-electron chi connectivity index (χ1n) is 9.03. The predicted molar refractivity (Wildman–Crippen MR) is 94.6 cm³/mol. The highest BCUT2D eigenvalue weighted by atomic mass is 19.1. The van der Waals surface area contributed by atoms with Crippen molar-refractivity contribution in [2.24, 2.45) is 5.92 Å². The van der Waals surface area contributed by atoms with Crippen molar-refractivity contribution < 1.29 is 23.5 Å². The molecule has 0 N–H and O–H groups in total. The number of piperidine rings is 1. The third kappa shape index (κ3) is 3.96. The molecule has 6 nitrogen and oxygen atoms in total. The molecule has 0 aromatic heterocycles. The fourth-order valence-corrected chi connectivity index (χ4v) is 3.81. The van der Waals surface area contributed by atoms with E-state index in [4.69, 9.17) is 9.47 Å². The molecule has 1 amide bonds. The van der Waals surface area contributed by atoms with E-state index in [2.05, 4.69) is 0 Å². The van der Waals surface area contributed by atoms with Crippen molar-refractivity contribution in [2.45, 2.75) is 51.3 Å². The molecule has 0 radical (unpaired) electrons. The van der Waals surface area contributed by atoms with E-state index in [1.807, 2.05) is 0 Å². The SMILES string of the molecule is CC(C)(C)OC(=O)N1C2COCC1CC(C(=O)c1cccc(F)c1C#N)C2. The van der Waals surface area contributed by atoms with Crippen molar-refractivity contribution in [2.75, 3.05) is 13.2 Å². The van der Waals surface area contributed by atoms with Crippen LogP contribution in [0.4, 0.5) is 9.18 Å². The average molecular weight is 374 g/mol. The Labute approximate surface area is 157 Å². The van der Waals surface area contributed by atoms with Gasteiger partial charge in [0.15, 0.2) is 5.78 Å². The summed E-state index contributed by atoms with van der Waals surface area (Å²) in [7, 11) is 0. The molecule has 0 aliphatic carbocycles. The van der Waals surface area contributed by atoms with Crippen molar-refractivity contribution in [3.05, 3.63) is 35.1 Å². The first kappa shape index (κ1) is 19.3. The van der Waals surface area contributed by atoms with Gasteiger partial charge in [-0.3, -0.25) is 9.69 Å². The van der Waals surface area contributed by atoms with E-state index in [0.717, 1.165) is 0 Å². The largest absolute Gasteiger partial charge is 0.444 e. The van der Waals surface area contributed by atoms with Gasteiger partial charge in [-0.2, -0.15) is 5.26 Å². The van der Waals surface area contributed by atoms with Crippen LogP contribution in [0.2, 0.25) is 0 Å². The summed E-state index contributed by atoms with van der Waals surface area (Å²) in [5.41, 5.74) is -0.729. The maximum atomic E-state index is 13.9. The summed E-state index contributed by atoms with van der Waals surface area (Å²) >= 11 is 0. The molecule has 1 aromatic rings. The summed E-state index contributed by atoms with van der Waals surface area (Å²) in [6.07, 6.45) is 0.390. The number of morpholine rings is 1. The summed E-state index contributed by atoms with van der Waals surface area (Å²) in [6.45, 7) is 6.07. The number of rotatable bonds is 2. The van der Waals surface area contributed by atoms with E-state index < -0.39 is 23.4 Å². The number of ether oxygens (including phenoxy) is 2. The summed E-state index contributed by atoms with van der Waals surface area (Å²) < 4.78 is 24.9. The van der Waals surface area contributed by atoms with Crippen molar-refractivity contribution >= 4 is 11.9 Å². The number of ketones is 1. The Hall–Kier alpha value is -2.46. The van der Waals surface area contributed by atoms with E-state index in [-0.39, 0.29) is 29.0 Å². The van der Waals surface area contributed by atoms with Crippen LogP contribution >= 0.6 is 0 Å². The number of nitriles is 1. The van der Waals surface area contributed by atoms with Crippen LogP contribution in [0.1, 0.15) is 49.5 Å². The number of hydrogen-bond acceptors (Lipinski definition) is 5. The maximum absolute atomic E-state index is 13.9. The van der Waals surface area contributed by atoms with E-state index in [1.54, 1.807) is 31.7 Å². The second kappa shape index (κ2) is 7.28. The molecule has 0 spiro atoms. The quantitative estimate of drug-likeness (QED) is 0.742. The van der Waals surface area contributed by atoms with E-state index in [0.29, 0.717) is 26.1 Å². The van der Waals surface area contributed by atoms with E-state index >= 15 is 0 Å². The average Bonchev–Trinajstić information content (AvgIpc) is 2.58. The van der Waals surface area contributed by atoms with E-state index in [9.17, 15) is 19.2 Å². The zero-order valence-electron chi connectivity index (χ0n) is 15.7. The van der Waals surface area contributed by atoms with Crippen LogP contribution in [-0.2, 0) is 9.47 Å². The highest BCUT2D eigenvalue weighted by molar-refractivity contribution is 6.00. The molecule has 2 atom stereocenters. The van der Waals surface area contributed by atoms with Crippen LogP contribution in [0, 0.1) is 23.1 Å². The topological polar surface area (TPSA) is 79.6 Å². The third-order valence-electron chi connectivity index (χ3n) is 4.89. The van der Waals surface area contributed by atoms with Crippen LogP contribution in [0.5, 0.6) is 0 Å². The van der Waals surface area contributed by atoms with Gasteiger partial charge in [-0.1, -0.05) is 6.07 Å². The summed E-state index contributed by atoms with van der Waals surface area (Å²) in [5.74, 6) is -1.35. The minimum absolute atomic E-state index is 0.104. The second-order valence-electron chi connectivity index (χ2n) is 8.04. The molecule has 2 fully saturated rings. The minimum atomic E-state index is -0.696. The van der Waals surface area contributed by atoms with Gasteiger partial charge < -0.3 is 9.47 Å². The fraction of sp³-hybridized carbons (Fsp3) is 0.550. The monoisotopic (exact) mass is 374 g/mol. The number of halogens is 1. The second-order valence-corrected chi connectivity index (χ2v) is 8.04. The molecular weight excluding hydrogens is 351 g/mol. The van der Waals surface area contributed by atoms with Gasteiger partial charge >= 0.3 is 6.09 Å². The number of hydrogen-bond donors (Lipinski definition) is 0. The Kier molecular flexibility index (Phi) is 5.20. The summed E-state index contributed by atoms with van der Waals surface area (Å²) in [4.78, 5) is 27.2. The third-order valence-corrected chi connectivity index (χ3v) is 4.89. The number of fused-ring (bicyclic) bond motifs is 2. The predicted octanol–water partition coefficient (Wildman–Crippen LogP) is 3.29. The van der Waals surface area contributed by atoms with Crippen LogP contribution in [0.3, 0.4) is 0 Å². The molecule has 27 heavy (non-hydrogen) atoms. The summed E-state index contributed by atoms with van der Waals surface area (Å²) in [5, 5.41) is 9.20. The fourth-order valence-electron chi connectivity index (χ4n) is 3.81. The minimum Gasteiger partial charge on any atom is -0.444 e. The lowest BCUT2D eigenvalue weighted by molar-refractivity contribution is -0.0861. The molecule has 1 aromatic carbocycles. The summed E-state index contributed by atoms with van der Waals surface area (Å²) in [6, 6.07) is 5.31. The van der Waals surface area contributed by atoms with Crippen LogP contribution in [0.25, 0.3) is 0 Å². The van der Waals surface area contributed by atoms with Crippen LogP contribution in [0.15, 0.2) is 18.2 Å². The Bertz CT molecular complexity index is 782. The first-order chi connectivity index (χ1) is 12.7. The normalized spacial score (nSPS) is 24.9. The lowest BCUT2D eigenvalue weighted by Gasteiger charge is -2.47. The zero-order chi connectivity index (χ0) is 19.8. The number of nitrogens with zero attached hydrogens (tertiary/aromatic N) is 2. The van der Waals surface area contributed by atoms with Crippen molar-refractivity contribution in [3.8, 4) is 6.07 Å². The maximum Gasteiger partial charge on any atom is 0.410 e. The molecule has 2 heterocycles. The number of carbonyl (C=O) groups excluding carboxylic acids is 2. The first-order valence-corrected chi connectivity index (χ1v) is 9.03. The highest BCUT2D eigenvalue weighted by Crippen LogP contribution is 2.35. The van der Waals surface area contributed by atoms with Gasteiger partial charge in [0.1, 0.15) is 17.5 Å². The Morgan fingerprint density at radius 1 is 1.26 bits per heavy atom. The molecular formula is C20H23FN2O4. The lowest BCUT2D eigenvalue weighted by atomic mass is 9.80. The van der Waals surface area contributed by atoms with Crippen molar-refractivity contribution in [1.29, 1.82) is 5.26 Å². The van der Waals surface area contributed by atoms with Crippen LogP contribution < -0.4 is 0 Å². The molecule has 7 heteroatoms. The lowest BCUT2D eigenvalue weighted by Crippen LogP contribution is -2.60. The Morgan fingerprint density at radius 2 is 1.89 bits per heavy atom. The van der Waals surface area contributed by atoms with Crippen molar-refractivity contribution in [3.63, 3.8) is 0 Å². The van der Waals surface area contributed by atoms with Gasteiger partial charge in [0.05, 0.1) is 30.9 Å². The van der Waals surface area contributed by atoms with E-state index in [1.165, 1.54) is 18.2 Å². The van der Waals surface area contributed by atoms with Gasteiger partial charge in [-0.15, -0.1) is 0 Å². The van der Waals surface area contributed by atoms with Gasteiger partial charge in [0.2, 0.25) is 0 Å². The Balaban J connectivity index is 1.81. The highest BCUT2D eigenvalue weighted by Gasteiger charge is 2.45. The number of benzene rings is 1. The number of amides is 1. The van der Waals surface area contributed by atoms with Crippen molar-refractivity contribution in [1.82, 2.24) is 4.90 Å². The molecule has 2 aliphatic rings. The molecule has 144 valence electrons. The molecule has 2 aliphatic heterocycles. The molecule has 2 unspecified atom stereocenters. The smallest absolute Gasteiger partial charge is 0.410 e. The van der Waals surface area contributed by atoms with Gasteiger partial charge in [-0.05, 0) is 45.7 Å². The van der Waals surface area contributed by atoms with Gasteiger partial charge in [0, 0.05) is 11.5 Å². The van der Waals surface area contributed by atoms with Gasteiger partial charge in [-0.25, -0.2) is 9.18 Å². The molecule has 2 bridgehead atoms.